The summed E-state index contributed by atoms with van der Waals surface area (Å²) in [6, 6.07) is 3.96. The molecule has 0 aromatic carbocycles. The van der Waals surface area contributed by atoms with Crippen molar-refractivity contribution in [3.8, 4) is 0 Å². The van der Waals surface area contributed by atoms with Crippen LogP contribution in [-0.4, -0.2) is 49.0 Å². The number of carbonyl (C=O) groups excluding carboxylic acids is 1. The van der Waals surface area contributed by atoms with E-state index in [0.29, 0.717) is 0 Å². The van der Waals surface area contributed by atoms with Gasteiger partial charge in [-0.15, -0.1) is 11.3 Å². The van der Waals surface area contributed by atoms with E-state index < -0.39 is 0 Å². The number of likely N-dealkylation sites (N-methyl/N-ethyl adjacent to an activating group) is 1. The van der Waals surface area contributed by atoms with Crippen LogP contribution in [0.1, 0.15) is 34.1 Å². The highest BCUT2D eigenvalue weighted by Crippen LogP contribution is 2.33. The summed E-state index contributed by atoms with van der Waals surface area (Å²) in [4.78, 5) is 23.3. The van der Waals surface area contributed by atoms with Gasteiger partial charge in [0.05, 0.1) is 17.4 Å². The molecule has 1 aliphatic carbocycles. The molecule has 0 bridgehead atoms. The van der Waals surface area contributed by atoms with Crippen LogP contribution in [0.2, 0.25) is 0 Å². The van der Waals surface area contributed by atoms with Gasteiger partial charge in [-0.25, -0.2) is 4.98 Å². The van der Waals surface area contributed by atoms with E-state index in [9.17, 15) is 4.79 Å². The van der Waals surface area contributed by atoms with Crippen molar-refractivity contribution < 1.29 is 4.79 Å². The number of aromatic nitrogens is 1. The zero-order valence-corrected chi connectivity index (χ0v) is 16.3. The Bertz CT molecular complexity index is 778. The van der Waals surface area contributed by atoms with Gasteiger partial charge in [0, 0.05) is 36.4 Å². The van der Waals surface area contributed by atoms with Gasteiger partial charge in [-0.1, -0.05) is 6.92 Å². The molecule has 0 spiro atoms. The second-order valence-corrected chi connectivity index (χ2v) is 8.51. The number of nitrogens with one attached hydrogen (secondary N) is 1. The molecule has 1 saturated heterocycles. The Morgan fingerprint density at radius 1 is 1.27 bits per heavy atom. The van der Waals surface area contributed by atoms with Gasteiger partial charge >= 0.3 is 0 Å². The van der Waals surface area contributed by atoms with Crippen LogP contribution in [0.5, 0.6) is 0 Å². The molecule has 1 unspecified atom stereocenters. The van der Waals surface area contributed by atoms with E-state index in [1.165, 1.54) is 16.9 Å². The molecule has 4 rings (SSSR count). The lowest BCUT2D eigenvalue weighted by Gasteiger charge is -2.33. The highest BCUT2D eigenvalue weighted by Gasteiger charge is 2.23. The zero-order valence-electron chi connectivity index (χ0n) is 15.5. The number of nitrogens with zero attached hydrogens (tertiary/aromatic N) is 3. The summed E-state index contributed by atoms with van der Waals surface area (Å²) in [5.74, 6) is 1.70. The maximum Gasteiger partial charge on any atom is 0.256 e. The van der Waals surface area contributed by atoms with Crippen molar-refractivity contribution >= 4 is 28.7 Å². The minimum atomic E-state index is -0.00815. The number of hydrogen-bond acceptors (Lipinski definition) is 5. The summed E-state index contributed by atoms with van der Waals surface area (Å²) in [5, 5.41) is 5.04. The van der Waals surface area contributed by atoms with Gasteiger partial charge in [-0.05, 0) is 49.9 Å². The Hall–Kier alpha value is -1.92. The average molecular weight is 371 g/mol. The number of piperazine rings is 1. The predicted molar refractivity (Wildman–Crippen MR) is 107 cm³/mol. The molecule has 0 saturated carbocycles. The normalized spacial score (nSPS) is 20.7. The van der Waals surface area contributed by atoms with Gasteiger partial charge in [-0.3, -0.25) is 4.79 Å². The Morgan fingerprint density at radius 3 is 2.81 bits per heavy atom. The molecule has 2 aliphatic rings. The van der Waals surface area contributed by atoms with Crippen molar-refractivity contribution in [2.45, 2.75) is 26.2 Å². The summed E-state index contributed by atoms with van der Waals surface area (Å²) in [6.07, 6.45) is 5.07. The lowest BCUT2D eigenvalue weighted by atomic mass is 9.88. The highest BCUT2D eigenvalue weighted by molar-refractivity contribution is 7.10. The summed E-state index contributed by atoms with van der Waals surface area (Å²) < 4.78 is 0. The van der Waals surface area contributed by atoms with Crippen LogP contribution in [0, 0.1) is 5.92 Å². The van der Waals surface area contributed by atoms with Crippen molar-refractivity contribution in [3.63, 3.8) is 0 Å². The highest BCUT2D eigenvalue weighted by atomic mass is 32.1. The SMILES string of the molecule is CC1CCc2c(C(=O)Nc3ccc(N4CCN(C)CC4)nc3)csc2C1. The number of pyridine rings is 1. The fourth-order valence-corrected chi connectivity index (χ4v) is 4.99. The number of thiophene rings is 1. The van der Waals surface area contributed by atoms with E-state index in [0.717, 1.165) is 62.0 Å². The first-order valence-electron chi connectivity index (χ1n) is 9.40. The second-order valence-electron chi connectivity index (χ2n) is 7.55. The molecule has 1 fully saturated rings. The number of anilines is 2. The first-order chi connectivity index (χ1) is 12.6. The van der Waals surface area contributed by atoms with Crippen molar-refractivity contribution in [1.29, 1.82) is 0 Å². The summed E-state index contributed by atoms with van der Waals surface area (Å²) in [7, 11) is 2.15. The second kappa shape index (κ2) is 7.37. The zero-order chi connectivity index (χ0) is 18.1. The van der Waals surface area contributed by atoms with Crippen molar-refractivity contribution in [3.05, 3.63) is 39.7 Å². The smallest absolute Gasteiger partial charge is 0.256 e. The summed E-state index contributed by atoms with van der Waals surface area (Å²) >= 11 is 1.73. The van der Waals surface area contributed by atoms with E-state index in [4.69, 9.17) is 0 Å². The minimum Gasteiger partial charge on any atom is -0.354 e. The molecule has 138 valence electrons. The molecule has 3 heterocycles. The Labute approximate surface area is 159 Å². The number of hydrogen-bond donors (Lipinski definition) is 1. The standard InChI is InChI=1S/C20H26N4OS/c1-14-3-5-16-17(13-26-18(16)11-14)20(25)22-15-4-6-19(21-12-15)24-9-7-23(2)8-10-24/h4,6,12-14H,3,5,7-11H2,1-2H3,(H,22,25). The van der Waals surface area contributed by atoms with Gasteiger partial charge < -0.3 is 15.1 Å². The van der Waals surface area contributed by atoms with Crippen molar-refractivity contribution in [1.82, 2.24) is 9.88 Å². The molecule has 2 aromatic heterocycles. The predicted octanol–water partition coefficient (Wildman–Crippen LogP) is 3.27. The fraction of sp³-hybridized carbons (Fsp3) is 0.500. The monoisotopic (exact) mass is 370 g/mol. The van der Waals surface area contributed by atoms with Crippen LogP contribution in [0.4, 0.5) is 11.5 Å². The first kappa shape index (κ1) is 17.5. The number of rotatable bonds is 3. The quantitative estimate of drug-likeness (QED) is 0.901. The van der Waals surface area contributed by atoms with Gasteiger partial charge in [0.15, 0.2) is 0 Å². The summed E-state index contributed by atoms with van der Waals surface area (Å²) in [5.41, 5.74) is 2.87. The van der Waals surface area contributed by atoms with E-state index in [1.54, 1.807) is 17.5 Å². The molecule has 5 nitrogen and oxygen atoms in total. The van der Waals surface area contributed by atoms with Crippen LogP contribution in [0.15, 0.2) is 23.7 Å². The van der Waals surface area contributed by atoms with Gasteiger partial charge in [0.2, 0.25) is 0 Å². The fourth-order valence-electron chi connectivity index (χ4n) is 3.75. The largest absolute Gasteiger partial charge is 0.354 e. The number of carbonyl (C=O) groups is 1. The molecular weight excluding hydrogens is 344 g/mol. The Morgan fingerprint density at radius 2 is 2.08 bits per heavy atom. The van der Waals surface area contributed by atoms with Crippen LogP contribution in [0.3, 0.4) is 0 Å². The van der Waals surface area contributed by atoms with Crippen LogP contribution >= 0.6 is 11.3 Å². The maximum absolute atomic E-state index is 12.7. The van der Waals surface area contributed by atoms with Crippen LogP contribution in [0.25, 0.3) is 0 Å². The first-order valence-corrected chi connectivity index (χ1v) is 10.3. The van der Waals surface area contributed by atoms with E-state index in [2.05, 4.69) is 34.1 Å². The van der Waals surface area contributed by atoms with E-state index in [-0.39, 0.29) is 5.91 Å². The minimum absolute atomic E-state index is 0.00815. The van der Waals surface area contributed by atoms with Gasteiger partial charge in [0.1, 0.15) is 5.82 Å². The van der Waals surface area contributed by atoms with E-state index in [1.807, 2.05) is 17.5 Å². The summed E-state index contributed by atoms with van der Waals surface area (Å²) in [6.45, 7) is 6.39. The molecule has 2 aromatic rings. The molecule has 1 aliphatic heterocycles. The Kier molecular flexibility index (Phi) is 4.96. The third kappa shape index (κ3) is 3.62. The third-order valence-electron chi connectivity index (χ3n) is 5.48. The molecule has 26 heavy (non-hydrogen) atoms. The third-order valence-corrected chi connectivity index (χ3v) is 6.53. The van der Waals surface area contributed by atoms with Crippen molar-refractivity contribution in [2.24, 2.45) is 5.92 Å². The molecule has 1 amide bonds. The molecule has 1 N–H and O–H groups in total. The van der Waals surface area contributed by atoms with Crippen molar-refractivity contribution in [2.75, 3.05) is 43.4 Å². The van der Waals surface area contributed by atoms with E-state index >= 15 is 0 Å². The van der Waals surface area contributed by atoms with Crippen LogP contribution < -0.4 is 10.2 Å². The maximum atomic E-state index is 12.7. The molecule has 6 heteroatoms. The molecular formula is C20H26N4OS. The average Bonchev–Trinajstić information content (AvgIpc) is 3.06. The van der Waals surface area contributed by atoms with Crippen LogP contribution in [-0.2, 0) is 12.8 Å². The molecule has 0 radical (unpaired) electrons. The number of amides is 1. The Balaban J connectivity index is 1.42. The van der Waals surface area contributed by atoms with Gasteiger partial charge in [0.25, 0.3) is 5.91 Å². The lowest BCUT2D eigenvalue weighted by molar-refractivity contribution is 0.102. The van der Waals surface area contributed by atoms with Gasteiger partial charge in [-0.2, -0.15) is 0 Å². The lowest BCUT2D eigenvalue weighted by Crippen LogP contribution is -2.44. The molecule has 1 atom stereocenters. The topological polar surface area (TPSA) is 48.5 Å². The number of fused-ring (bicyclic) bond motifs is 1.